The van der Waals surface area contributed by atoms with Crippen LogP contribution in [-0.2, 0) is 14.6 Å². The number of azide groups is 1. The molecule has 0 spiro atoms. The van der Waals surface area contributed by atoms with Crippen LogP contribution in [0.15, 0.2) is 51.9 Å². The maximum Gasteiger partial charge on any atom is 0.391 e. The molecule has 0 bridgehead atoms. The largest absolute Gasteiger partial charge is 0.493 e. The van der Waals surface area contributed by atoms with Gasteiger partial charge in [0.1, 0.15) is 33.8 Å². The van der Waals surface area contributed by atoms with Gasteiger partial charge in [0.05, 0.1) is 19.3 Å². The number of sulfonamides is 1. The SMILES string of the molecule is N#Cc1ccc(OP(=O)(O)CNS(=O)(=O)c2cc3cc(OCCN=[N+]=[N-])ccc3s2)cn1. The van der Waals surface area contributed by atoms with Crippen molar-refractivity contribution in [1.29, 1.82) is 5.26 Å². The Labute approximate surface area is 186 Å². The second-order valence-electron chi connectivity index (χ2n) is 6.09. The normalized spacial score (nSPS) is 13.0. The van der Waals surface area contributed by atoms with Crippen molar-refractivity contribution in [2.24, 2.45) is 5.11 Å². The van der Waals surface area contributed by atoms with Crippen LogP contribution in [-0.4, -0.2) is 37.7 Å². The van der Waals surface area contributed by atoms with Crippen molar-refractivity contribution in [3.8, 4) is 17.6 Å². The van der Waals surface area contributed by atoms with Gasteiger partial charge in [-0.05, 0) is 47.3 Å². The highest BCUT2D eigenvalue weighted by molar-refractivity contribution is 7.92. The highest BCUT2D eigenvalue weighted by Gasteiger charge is 2.26. The molecule has 0 amide bonds. The molecule has 0 aliphatic carbocycles. The van der Waals surface area contributed by atoms with E-state index in [0.29, 0.717) is 15.8 Å². The third-order valence-electron chi connectivity index (χ3n) is 3.81. The molecular formula is C17H15N6O6PS2. The third-order valence-corrected chi connectivity index (χ3v) is 8.07. The molecule has 0 radical (unpaired) electrons. The molecule has 32 heavy (non-hydrogen) atoms. The lowest BCUT2D eigenvalue weighted by Crippen LogP contribution is -2.25. The van der Waals surface area contributed by atoms with Gasteiger partial charge in [-0.1, -0.05) is 5.11 Å². The van der Waals surface area contributed by atoms with Gasteiger partial charge in [-0.25, -0.2) is 18.0 Å². The van der Waals surface area contributed by atoms with E-state index in [1.807, 2.05) is 0 Å². The summed E-state index contributed by atoms with van der Waals surface area (Å²) >= 11 is 0.978. The predicted octanol–water partition coefficient (Wildman–Crippen LogP) is 3.36. The number of nitrogens with one attached hydrogen (secondary N) is 1. The Morgan fingerprint density at radius 2 is 2.09 bits per heavy atom. The van der Waals surface area contributed by atoms with Crippen molar-refractivity contribution in [1.82, 2.24) is 9.71 Å². The van der Waals surface area contributed by atoms with Crippen LogP contribution in [0.1, 0.15) is 5.69 Å². The predicted molar refractivity (Wildman–Crippen MR) is 116 cm³/mol. The molecule has 2 heterocycles. The van der Waals surface area contributed by atoms with E-state index in [1.54, 1.807) is 24.3 Å². The molecule has 0 saturated carbocycles. The highest BCUT2D eigenvalue weighted by Crippen LogP contribution is 2.41. The number of pyridine rings is 1. The van der Waals surface area contributed by atoms with Crippen LogP contribution >= 0.6 is 18.9 Å². The first-order valence-corrected chi connectivity index (χ1v) is 12.8. The number of thiophene rings is 1. The number of fused-ring (bicyclic) bond motifs is 1. The van der Waals surface area contributed by atoms with Crippen LogP contribution in [0.2, 0.25) is 0 Å². The first-order valence-electron chi connectivity index (χ1n) is 8.77. The third kappa shape index (κ3) is 6.18. The molecule has 2 aromatic heterocycles. The Bertz CT molecular complexity index is 1360. The number of hydrogen-bond donors (Lipinski definition) is 2. The zero-order valence-electron chi connectivity index (χ0n) is 16.2. The minimum absolute atomic E-state index is 0.0567. The van der Waals surface area contributed by atoms with E-state index in [2.05, 4.69) is 19.7 Å². The summed E-state index contributed by atoms with van der Waals surface area (Å²) in [5.74, 6) is 0.397. The number of aromatic nitrogens is 1. The molecule has 12 nitrogen and oxygen atoms in total. The molecule has 0 aliphatic heterocycles. The molecule has 166 valence electrons. The summed E-state index contributed by atoms with van der Waals surface area (Å²) in [5.41, 5.74) is 8.35. The molecule has 1 atom stereocenters. The smallest absolute Gasteiger partial charge is 0.391 e. The van der Waals surface area contributed by atoms with Crippen LogP contribution in [0.3, 0.4) is 0 Å². The molecule has 1 unspecified atom stereocenters. The lowest BCUT2D eigenvalue weighted by Gasteiger charge is -2.13. The maximum atomic E-state index is 12.6. The van der Waals surface area contributed by atoms with Gasteiger partial charge < -0.3 is 14.2 Å². The van der Waals surface area contributed by atoms with Crippen molar-refractivity contribution >= 4 is 39.0 Å². The fourth-order valence-corrected chi connectivity index (χ4v) is 6.32. The summed E-state index contributed by atoms with van der Waals surface area (Å²) in [7, 11) is -8.47. The molecule has 0 saturated heterocycles. The van der Waals surface area contributed by atoms with Crippen molar-refractivity contribution < 1.29 is 27.1 Å². The van der Waals surface area contributed by atoms with Gasteiger partial charge in [-0.3, -0.25) is 0 Å². The van der Waals surface area contributed by atoms with Gasteiger partial charge >= 0.3 is 7.60 Å². The zero-order chi connectivity index (χ0) is 23.2. The molecule has 3 rings (SSSR count). The molecule has 15 heteroatoms. The number of nitriles is 1. The topological polar surface area (TPSA) is 187 Å². The summed E-state index contributed by atoms with van der Waals surface area (Å²) < 4.78 is 50.5. The quantitative estimate of drug-likeness (QED) is 0.141. The lowest BCUT2D eigenvalue weighted by molar-refractivity contribution is 0.328. The Morgan fingerprint density at radius 3 is 2.78 bits per heavy atom. The minimum atomic E-state index is -4.38. The number of hydrogen-bond acceptors (Lipinski definition) is 9. The second-order valence-corrected chi connectivity index (χ2v) is 10.9. The molecule has 0 fully saturated rings. The minimum Gasteiger partial charge on any atom is -0.493 e. The Balaban J connectivity index is 1.67. The van der Waals surface area contributed by atoms with E-state index in [0.717, 1.165) is 17.5 Å². The van der Waals surface area contributed by atoms with Gasteiger partial charge in [0.25, 0.3) is 10.0 Å². The summed E-state index contributed by atoms with van der Waals surface area (Å²) in [6.07, 6.45) is 0.228. The van der Waals surface area contributed by atoms with E-state index in [-0.39, 0.29) is 28.8 Å². The summed E-state index contributed by atoms with van der Waals surface area (Å²) in [6.45, 7) is 0.330. The van der Waals surface area contributed by atoms with Crippen LogP contribution in [0.25, 0.3) is 20.5 Å². The Kier molecular flexibility index (Phi) is 7.32. The average molecular weight is 494 g/mol. The molecule has 3 aromatic rings. The number of benzene rings is 1. The maximum absolute atomic E-state index is 12.6. The van der Waals surface area contributed by atoms with Gasteiger partial charge in [0, 0.05) is 9.61 Å². The standard InChI is InChI=1S/C17H15N6O6PS2/c18-9-13-1-2-15(10-20-13)29-30(24,25)11-22-32(26,27)17-8-12-7-14(3-4-16(12)31-17)28-6-5-21-23-19/h1-4,7-8,10,22H,5-6,11H2,(H,24,25). The Morgan fingerprint density at radius 1 is 1.31 bits per heavy atom. The lowest BCUT2D eigenvalue weighted by atomic mass is 10.2. The fraction of sp³-hybridized carbons (Fsp3) is 0.176. The van der Waals surface area contributed by atoms with Crippen LogP contribution < -0.4 is 14.0 Å². The van der Waals surface area contributed by atoms with Crippen molar-refractivity contribution in [3.63, 3.8) is 0 Å². The number of rotatable bonds is 10. The Hall–Kier alpha value is -3.17. The zero-order valence-corrected chi connectivity index (χ0v) is 18.7. The van der Waals surface area contributed by atoms with Crippen molar-refractivity contribution in [3.05, 3.63) is 58.7 Å². The van der Waals surface area contributed by atoms with Gasteiger partial charge in [0.15, 0.2) is 0 Å². The van der Waals surface area contributed by atoms with E-state index in [1.165, 1.54) is 18.2 Å². The molecule has 1 aromatic carbocycles. The van der Waals surface area contributed by atoms with E-state index in [9.17, 15) is 17.9 Å². The van der Waals surface area contributed by atoms with Crippen LogP contribution in [0.4, 0.5) is 0 Å². The first-order chi connectivity index (χ1) is 15.2. The van der Waals surface area contributed by atoms with Crippen molar-refractivity contribution in [2.75, 3.05) is 19.4 Å². The fourth-order valence-electron chi connectivity index (χ4n) is 2.40. The molecule has 0 aliphatic rings. The van der Waals surface area contributed by atoms with Gasteiger partial charge in [-0.15, -0.1) is 11.3 Å². The van der Waals surface area contributed by atoms with Gasteiger partial charge in [-0.2, -0.15) is 9.98 Å². The van der Waals surface area contributed by atoms with Gasteiger partial charge in [0.2, 0.25) is 0 Å². The van der Waals surface area contributed by atoms with Crippen LogP contribution in [0, 0.1) is 11.3 Å². The van der Waals surface area contributed by atoms with E-state index < -0.39 is 23.9 Å². The van der Waals surface area contributed by atoms with Crippen molar-refractivity contribution in [2.45, 2.75) is 4.21 Å². The van der Waals surface area contributed by atoms with E-state index >= 15 is 0 Å². The summed E-state index contributed by atoms with van der Waals surface area (Å²) in [6, 6.07) is 10.8. The van der Waals surface area contributed by atoms with E-state index in [4.69, 9.17) is 20.1 Å². The summed E-state index contributed by atoms with van der Waals surface area (Å²) in [5, 5.41) is 12.7. The second kappa shape index (κ2) is 9.97. The first kappa shape index (κ1) is 23.5. The monoisotopic (exact) mass is 494 g/mol. The number of ether oxygens (including phenoxy) is 1. The molecule has 2 N–H and O–H groups in total. The highest BCUT2D eigenvalue weighted by atomic mass is 32.2. The summed E-state index contributed by atoms with van der Waals surface area (Å²) in [4.78, 5) is 16.3. The number of nitrogens with zero attached hydrogens (tertiary/aromatic N) is 5. The van der Waals surface area contributed by atoms with Crippen LogP contribution in [0.5, 0.6) is 11.5 Å². The molecular weight excluding hydrogens is 479 g/mol. The average Bonchev–Trinajstić information content (AvgIpc) is 3.20.